The van der Waals surface area contributed by atoms with Gasteiger partial charge in [0.25, 0.3) is 0 Å². The van der Waals surface area contributed by atoms with E-state index in [1.54, 1.807) is 24.3 Å². The Kier molecular flexibility index (Phi) is 10.1. The van der Waals surface area contributed by atoms with E-state index >= 15 is 0 Å². The van der Waals surface area contributed by atoms with E-state index in [9.17, 15) is 51.9 Å². The summed E-state index contributed by atoms with van der Waals surface area (Å²) >= 11 is 0. The zero-order valence-electron chi connectivity index (χ0n) is 22.2. The second-order valence-electron chi connectivity index (χ2n) is 9.15. The van der Waals surface area contributed by atoms with E-state index < -0.39 is 71.0 Å². The Labute approximate surface area is 257 Å². The summed E-state index contributed by atoms with van der Waals surface area (Å²) in [7, 11) is -22.3. The van der Waals surface area contributed by atoms with Crippen LogP contribution in [-0.4, -0.2) is 64.2 Å². The molecule has 234 valence electrons. The van der Waals surface area contributed by atoms with Gasteiger partial charge in [-0.05, 0) is 97.9 Å². The Bertz CT molecular complexity index is 1850. The highest BCUT2D eigenvalue weighted by Crippen LogP contribution is 2.42. The molecule has 0 saturated heterocycles. The topological polar surface area (TPSA) is 230 Å². The molecular weight excluding hydrogens is 694 g/mol. The Balaban J connectivity index is 1.88. The summed E-state index contributed by atoms with van der Waals surface area (Å²) in [6, 6.07) is 21.0. The van der Waals surface area contributed by atoms with E-state index in [1.807, 2.05) is 0 Å². The molecule has 0 bridgehead atoms. The highest BCUT2D eigenvalue weighted by molar-refractivity contribution is 7.86. The smallest absolute Gasteiger partial charge is 0.435 e. The lowest BCUT2D eigenvalue weighted by atomic mass is 10.4. The summed E-state index contributed by atoms with van der Waals surface area (Å²) in [5, 5.41) is 1.49. The monoisotopic (exact) mass is 716 g/mol. The standard InChI is InChI=1S/C26H24O12P2S4/c27-41(28,29)23-9-1-5-19(15-23)39(20-6-2-10-24(16-20)42(30,31)32)13-14-40(21-7-3-11-25(17-21)43(33,34)35)22-8-4-12-26(18-22)44(36,37)38/h1-12,15-18H,13-14H2,(H,27,28,29)(H,30,31,32)(H,33,34,35)(H,36,37,38)/p-2. The van der Waals surface area contributed by atoms with E-state index in [0.29, 0.717) is 21.2 Å². The van der Waals surface area contributed by atoms with Gasteiger partial charge in [-0.15, -0.1) is 4.21 Å². The third-order valence-corrected chi connectivity index (χ3v) is 14.9. The Hall–Kier alpha value is -2.62. The van der Waals surface area contributed by atoms with E-state index in [4.69, 9.17) is 0 Å². The first-order valence-corrected chi connectivity index (χ1v) is 20.9. The van der Waals surface area contributed by atoms with E-state index in [0.717, 1.165) is 30.3 Å². The van der Waals surface area contributed by atoms with Gasteiger partial charge in [-0.25, -0.2) is 29.8 Å². The molecule has 0 aliphatic rings. The maximum Gasteiger partial charge on any atom is 0.435 e. The minimum Gasteiger partial charge on any atom is -0.744 e. The average Bonchev–Trinajstić information content (AvgIpc) is 2.94. The molecule has 0 fully saturated rings. The van der Waals surface area contributed by atoms with Crippen molar-refractivity contribution in [2.45, 2.75) is 19.6 Å². The highest BCUT2D eigenvalue weighted by atomic mass is 32.2. The zero-order chi connectivity index (χ0) is 32.5. The van der Waals surface area contributed by atoms with Crippen LogP contribution in [0.5, 0.6) is 0 Å². The van der Waals surface area contributed by atoms with Crippen LogP contribution in [0, 0.1) is 0 Å². The van der Waals surface area contributed by atoms with E-state index in [-0.39, 0.29) is 17.2 Å². The molecule has 0 aliphatic heterocycles. The van der Waals surface area contributed by atoms with Gasteiger partial charge in [0, 0.05) is 0 Å². The van der Waals surface area contributed by atoms with Gasteiger partial charge in [0.2, 0.25) is 0 Å². The molecule has 0 radical (unpaired) electrons. The third-order valence-electron chi connectivity index (χ3n) is 6.24. The molecule has 0 aliphatic carbocycles. The minimum atomic E-state index is -4.87. The number of hydrogen-bond donors (Lipinski definition) is 1. The van der Waals surface area contributed by atoms with E-state index in [2.05, 4.69) is 0 Å². The molecule has 18 heteroatoms. The van der Waals surface area contributed by atoms with Crippen LogP contribution in [0.3, 0.4) is 0 Å². The van der Waals surface area contributed by atoms with Gasteiger partial charge in [-0.1, -0.05) is 48.5 Å². The first-order chi connectivity index (χ1) is 20.3. The van der Waals surface area contributed by atoms with Crippen LogP contribution in [0.2, 0.25) is 0 Å². The van der Waals surface area contributed by atoms with Crippen LogP contribution in [-0.2, 0) is 40.5 Å². The van der Waals surface area contributed by atoms with Crippen molar-refractivity contribution in [1.82, 2.24) is 0 Å². The summed E-state index contributed by atoms with van der Waals surface area (Å²) in [4.78, 5) is -1.90. The van der Waals surface area contributed by atoms with Gasteiger partial charge in [0.1, 0.15) is 35.2 Å². The molecule has 4 aromatic rings. The Morgan fingerprint density at radius 3 is 1.00 bits per heavy atom. The van der Waals surface area contributed by atoms with Crippen molar-refractivity contribution in [3.05, 3.63) is 97.1 Å². The summed E-state index contributed by atoms with van der Waals surface area (Å²) in [6.07, 6.45) is 0.311. The van der Waals surface area contributed by atoms with Gasteiger partial charge in [0.15, 0.2) is 0 Å². The van der Waals surface area contributed by atoms with Crippen LogP contribution >= 0.6 is 15.8 Å². The highest BCUT2D eigenvalue weighted by Gasteiger charge is 2.24. The van der Waals surface area contributed by atoms with Crippen molar-refractivity contribution >= 4 is 77.5 Å². The minimum absolute atomic E-state index is 0.151. The number of hydrogen-bond acceptors (Lipinski definition) is 10. The van der Waals surface area contributed by atoms with E-state index in [1.165, 1.54) is 42.5 Å². The number of benzene rings is 4. The second-order valence-corrected chi connectivity index (χ2v) is 19.4. The molecule has 0 spiro atoms. The first kappa shape index (κ1) is 34.3. The van der Waals surface area contributed by atoms with Gasteiger partial charge < -0.3 is 13.7 Å². The molecule has 0 amide bonds. The van der Waals surface area contributed by atoms with Gasteiger partial charge >= 0.3 is 10.1 Å². The number of rotatable bonds is 11. The molecule has 12 nitrogen and oxygen atoms in total. The van der Waals surface area contributed by atoms with Crippen molar-refractivity contribution in [3.63, 3.8) is 0 Å². The maximum absolute atomic E-state index is 12.0. The second kappa shape index (κ2) is 13.0. The van der Waals surface area contributed by atoms with Crippen LogP contribution < -0.4 is 21.2 Å². The summed E-state index contributed by atoms with van der Waals surface area (Å²) < 4.78 is 138. The van der Waals surface area contributed by atoms with Crippen molar-refractivity contribution in [1.29, 1.82) is 0 Å². The fraction of sp³-hybridized carbons (Fsp3) is 0.0769. The molecule has 0 heterocycles. The summed E-state index contributed by atoms with van der Waals surface area (Å²) in [5.74, 6) is 0. The molecule has 4 aromatic carbocycles. The quantitative estimate of drug-likeness (QED) is 0.132. The summed E-state index contributed by atoms with van der Waals surface area (Å²) in [5.41, 5.74) is 0. The third kappa shape index (κ3) is 8.55. The SMILES string of the molecule is O=S(=O)([O-])c1cccc(P(CCP(c2cccc(S(=O)(=O)[O-])c2)c2cccc(S(=O)(O)=[OH+])c2)c2cccc(S(=O)(=O)[O-])c2)c1. The molecule has 2 N–H and O–H groups in total. The molecule has 0 saturated carbocycles. The molecule has 44 heavy (non-hydrogen) atoms. The fourth-order valence-electron chi connectivity index (χ4n) is 4.25. The predicted octanol–water partition coefficient (Wildman–Crippen LogP) is 1.37. The van der Waals surface area contributed by atoms with Crippen LogP contribution in [0.4, 0.5) is 0 Å². The normalized spacial score (nSPS) is 14.7. The molecule has 2 atom stereocenters. The lowest BCUT2D eigenvalue weighted by molar-refractivity contribution is 0.461. The van der Waals surface area contributed by atoms with Crippen molar-refractivity contribution < 1.29 is 51.9 Å². The predicted molar refractivity (Wildman–Crippen MR) is 163 cm³/mol. The zero-order valence-corrected chi connectivity index (χ0v) is 27.2. The first-order valence-electron chi connectivity index (χ1n) is 12.2. The van der Waals surface area contributed by atoms with Crippen LogP contribution in [0.15, 0.2) is 117 Å². The molecular formula is C26H22O12P2S4-2. The van der Waals surface area contributed by atoms with Crippen molar-refractivity contribution in [3.8, 4) is 0 Å². The van der Waals surface area contributed by atoms with Crippen molar-refractivity contribution in [2.75, 3.05) is 12.3 Å². The molecule has 0 aromatic heterocycles. The summed E-state index contributed by atoms with van der Waals surface area (Å²) in [6.45, 7) is 0. The average molecular weight is 717 g/mol. The van der Waals surface area contributed by atoms with Crippen LogP contribution in [0.25, 0.3) is 0 Å². The lowest BCUT2D eigenvalue weighted by Crippen LogP contribution is -2.22. The fourth-order valence-corrected chi connectivity index (χ4v) is 12.2. The van der Waals surface area contributed by atoms with Crippen molar-refractivity contribution in [2.24, 2.45) is 0 Å². The Morgan fingerprint density at radius 1 is 0.500 bits per heavy atom. The van der Waals surface area contributed by atoms with Gasteiger partial charge in [0.05, 0.1) is 14.7 Å². The maximum atomic E-state index is 12.0. The molecule has 2 unspecified atom stereocenters. The molecule has 4 rings (SSSR count). The Morgan fingerprint density at radius 2 is 0.750 bits per heavy atom. The van der Waals surface area contributed by atoms with Crippen LogP contribution in [0.1, 0.15) is 0 Å². The van der Waals surface area contributed by atoms with Gasteiger partial charge in [-0.3, -0.25) is 0 Å². The van der Waals surface area contributed by atoms with Gasteiger partial charge in [-0.2, -0.15) is 4.21 Å². The lowest BCUT2D eigenvalue weighted by Gasteiger charge is -2.25. The largest absolute Gasteiger partial charge is 0.744 e.